The van der Waals surface area contributed by atoms with Crippen LogP contribution in [-0.2, 0) is 18.0 Å². The molecule has 5 rings (SSSR count). The highest BCUT2D eigenvalue weighted by atomic mass is 31.1. The van der Waals surface area contributed by atoms with Crippen molar-refractivity contribution >= 4 is 25.4 Å². The van der Waals surface area contributed by atoms with Gasteiger partial charge in [0.2, 0.25) is 5.43 Å². The Labute approximate surface area is 275 Å². The predicted molar refractivity (Wildman–Crippen MR) is 181 cm³/mol. The van der Waals surface area contributed by atoms with Crippen LogP contribution in [0.4, 0.5) is 8.78 Å². The van der Waals surface area contributed by atoms with E-state index in [0.29, 0.717) is 20.8 Å². The summed E-state index contributed by atoms with van der Waals surface area (Å²) in [6.07, 6.45) is 2.13. The van der Waals surface area contributed by atoms with E-state index >= 15 is 0 Å². The van der Waals surface area contributed by atoms with Crippen molar-refractivity contribution in [2.45, 2.75) is 71.9 Å². The highest BCUT2D eigenvalue weighted by Gasteiger charge is 2.44. The van der Waals surface area contributed by atoms with Crippen molar-refractivity contribution in [3.05, 3.63) is 98.5 Å². The lowest BCUT2D eigenvalue weighted by Crippen LogP contribution is -2.49. The van der Waals surface area contributed by atoms with Crippen LogP contribution >= 0.6 is 7.92 Å². The third kappa shape index (κ3) is 8.83. The van der Waals surface area contributed by atoms with Gasteiger partial charge in [0.05, 0.1) is 11.8 Å². The van der Waals surface area contributed by atoms with Gasteiger partial charge in [0.25, 0.3) is 11.8 Å². The van der Waals surface area contributed by atoms with Crippen LogP contribution in [0.15, 0.2) is 58.6 Å². The third-order valence-corrected chi connectivity index (χ3v) is 7.80. The van der Waals surface area contributed by atoms with Crippen molar-refractivity contribution in [3.8, 4) is 5.75 Å². The second-order valence-electron chi connectivity index (χ2n) is 12.6. The van der Waals surface area contributed by atoms with Crippen LogP contribution in [0, 0.1) is 18.6 Å². The minimum absolute atomic E-state index is 0.0128. The molecule has 2 aliphatic heterocycles. The van der Waals surface area contributed by atoms with E-state index in [-0.39, 0.29) is 54.2 Å². The summed E-state index contributed by atoms with van der Waals surface area (Å²) < 4.78 is 35.3. The highest BCUT2D eigenvalue weighted by Crippen LogP contribution is 2.36. The number of nitrogens with zero attached hydrogens (tertiary/aromatic N) is 3. The number of carbonyl (C=O) groups is 2. The summed E-state index contributed by atoms with van der Waals surface area (Å²) in [7, 11) is 0.380. The Bertz CT molecular complexity index is 1690. The Balaban J connectivity index is 0.00000118. The van der Waals surface area contributed by atoms with E-state index in [0.717, 1.165) is 29.0 Å². The van der Waals surface area contributed by atoms with Crippen LogP contribution in [0.1, 0.15) is 77.2 Å². The van der Waals surface area contributed by atoms with Crippen molar-refractivity contribution in [2.75, 3.05) is 26.5 Å². The molecule has 2 aromatic carbocycles. The lowest BCUT2D eigenvalue weighted by atomic mass is 10.0. The van der Waals surface area contributed by atoms with Gasteiger partial charge in [-0.3, -0.25) is 14.4 Å². The summed E-state index contributed by atoms with van der Waals surface area (Å²) in [5.74, 6) is -2.98. The second-order valence-corrected chi connectivity index (χ2v) is 15.3. The van der Waals surface area contributed by atoms with Gasteiger partial charge >= 0.3 is 0 Å². The summed E-state index contributed by atoms with van der Waals surface area (Å²) in [4.78, 5) is 48.8. The summed E-state index contributed by atoms with van der Waals surface area (Å²) in [6.45, 7) is 14.2. The fraction of sp³-hybridized carbons (Fsp3) is 0.429. The first-order valence-electron chi connectivity index (χ1n) is 15.5. The van der Waals surface area contributed by atoms with Gasteiger partial charge in [0.1, 0.15) is 29.9 Å². The fourth-order valence-electron chi connectivity index (χ4n) is 5.38. The summed E-state index contributed by atoms with van der Waals surface area (Å²) >= 11 is 0. The molecule has 0 aliphatic carbocycles. The zero-order valence-electron chi connectivity index (χ0n) is 28.0. The number of fused-ring (bicyclic) bond motifs is 4. The van der Waals surface area contributed by atoms with E-state index in [1.54, 1.807) is 9.47 Å². The maximum Gasteiger partial charge on any atom is 0.274 e. The van der Waals surface area contributed by atoms with Crippen molar-refractivity contribution in [1.29, 1.82) is 0 Å². The molecular weight excluding hydrogens is 625 g/mol. The molecule has 3 atom stereocenters. The zero-order valence-corrected chi connectivity index (χ0v) is 28.9. The van der Waals surface area contributed by atoms with Crippen LogP contribution in [0.5, 0.6) is 5.75 Å². The molecule has 1 fully saturated rings. The largest absolute Gasteiger partial charge is 0.483 e. The van der Waals surface area contributed by atoms with Gasteiger partial charge in [0.15, 0.2) is 11.4 Å². The number of carbonyl (C=O) groups excluding carboxylic acids is 2. The number of oxime groups is 1. The minimum atomic E-state index is -0.824. The first kappa shape index (κ1) is 35.7. The number of benzene rings is 2. The van der Waals surface area contributed by atoms with Gasteiger partial charge in [-0.15, -0.1) is 7.92 Å². The molecule has 0 spiro atoms. The molecule has 2 aliphatic rings. The topological polar surface area (TPSA) is 102 Å². The normalized spacial score (nSPS) is 18.4. The van der Waals surface area contributed by atoms with Crippen LogP contribution < -0.4 is 15.5 Å². The molecule has 3 aromatic rings. The van der Waals surface area contributed by atoms with E-state index in [1.807, 2.05) is 52.0 Å². The molecule has 1 N–H and O–H groups in total. The van der Waals surface area contributed by atoms with Crippen molar-refractivity contribution < 1.29 is 27.9 Å². The number of aryl methyl sites for hydroxylation is 1. The molecule has 3 unspecified atom stereocenters. The lowest BCUT2D eigenvalue weighted by Gasteiger charge is -2.38. The average Bonchev–Trinajstić information content (AvgIpc) is 3.15. The first-order valence-corrected chi connectivity index (χ1v) is 18.2. The number of ether oxygens (including phenoxy) is 1. The van der Waals surface area contributed by atoms with Gasteiger partial charge in [-0.05, 0) is 72.2 Å². The van der Waals surface area contributed by atoms with Gasteiger partial charge in [-0.1, -0.05) is 41.1 Å². The summed E-state index contributed by atoms with van der Waals surface area (Å²) in [5, 5.41) is 6.73. The van der Waals surface area contributed by atoms with Gasteiger partial charge < -0.3 is 24.4 Å². The molecule has 12 heteroatoms. The van der Waals surface area contributed by atoms with Crippen LogP contribution in [0.2, 0.25) is 0 Å². The number of rotatable bonds is 8. The van der Waals surface area contributed by atoms with E-state index in [2.05, 4.69) is 30.5 Å². The Morgan fingerprint density at radius 1 is 1.06 bits per heavy atom. The molecule has 0 saturated carbocycles. The molecule has 3 heterocycles. The van der Waals surface area contributed by atoms with Crippen molar-refractivity contribution in [2.24, 2.45) is 5.16 Å². The molecule has 0 radical (unpaired) electrons. The number of pyridine rings is 1. The standard InChI is InChI=1S/C32H34F2N4O5.C3H9P/c1-18(2)36-43-27-12-7-20(4)37-16-26(27)38-15-24(31(40)35-14-22-10-11-23(33)13-25(22)34)29(39)30(28(38)32(37)41)42-17-21-8-5-19(3)6-9-21;1-4(2)3/h5-6,8-11,13,15,20,26-27H,7,12,14,16-17H2,1-4H3,(H,35,40);1-3H3. The molecular formula is C35H43F2N4O5P. The predicted octanol–water partition coefficient (Wildman–Crippen LogP) is 6.26. The molecule has 9 nitrogen and oxygen atoms in total. The van der Waals surface area contributed by atoms with E-state index < -0.39 is 35.1 Å². The van der Waals surface area contributed by atoms with Gasteiger partial charge in [-0.25, -0.2) is 8.78 Å². The van der Waals surface area contributed by atoms with Crippen LogP contribution in [0.3, 0.4) is 0 Å². The Hall–Kier alpha value is -4.11. The molecule has 47 heavy (non-hydrogen) atoms. The first-order chi connectivity index (χ1) is 22.3. The molecule has 1 saturated heterocycles. The summed E-state index contributed by atoms with van der Waals surface area (Å²) in [5.41, 5.74) is 1.58. The SMILES string of the molecule is CC(C)=NOC1CCC(C)N2CC1n1cc(C(=O)NCc3ccc(F)cc3F)c(=O)c(OCc3ccc(C)cc3)c1C2=O.CP(C)C. The second kappa shape index (κ2) is 15.7. The number of halogens is 2. The van der Waals surface area contributed by atoms with Crippen LogP contribution in [0.25, 0.3) is 0 Å². The number of hydrogen-bond acceptors (Lipinski definition) is 6. The fourth-order valence-corrected chi connectivity index (χ4v) is 5.38. The summed E-state index contributed by atoms with van der Waals surface area (Å²) in [6, 6.07) is 9.96. The van der Waals surface area contributed by atoms with Gasteiger partial charge in [0, 0.05) is 37.0 Å². The molecule has 2 bridgehead atoms. The van der Waals surface area contributed by atoms with Crippen molar-refractivity contribution in [3.63, 3.8) is 0 Å². The Morgan fingerprint density at radius 3 is 2.38 bits per heavy atom. The Kier molecular flexibility index (Phi) is 11.9. The monoisotopic (exact) mass is 668 g/mol. The minimum Gasteiger partial charge on any atom is -0.483 e. The smallest absolute Gasteiger partial charge is 0.274 e. The van der Waals surface area contributed by atoms with Crippen molar-refractivity contribution in [1.82, 2.24) is 14.8 Å². The molecule has 252 valence electrons. The maximum absolute atomic E-state index is 14.2. The maximum atomic E-state index is 14.2. The average molecular weight is 669 g/mol. The third-order valence-electron chi connectivity index (χ3n) is 7.80. The highest BCUT2D eigenvalue weighted by molar-refractivity contribution is 7.55. The number of aromatic nitrogens is 1. The van der Waals surface area contributed by atoms with E-state index in [1.165, 1.54) is 12.3 Å². The van der Waals surface area contributed by atoms with E-state index in [4.69, 9.17) is 9.57 Å². The number of nitrogens with one attached hydrogen (secondary N) is 1. The lowest BCUT2D eigenvalue weighted by molar-refractivity contribution is 0.00757. The molecule has 2 amide bonds. The Morgan fingerprint density at radius 2 is 1.74 bits per heavy atom. The molecule has 1 aromatic heterocycles. The van der Waals surface area contributed by atoms with E-state index in [9.17, 15) is 23.2 Å². The number of amides is 2. The number of hydrogen-bond donors (Lipinski definition) is 1. The quantitative estimate of drug-likeness (QED) is 0.174. The zero-order chi connectivity index (χ0) is 34.4. The van der Waals surface area contributed by atoms with Gasteiger partial charge in [-0.2, -0.15) is 0 Å². The van der Waals surface area contributed by atoms with Crippen LogP contribution in [-0.4, -0.2) is 65.7 Å².